The molecule has 0 radical (unpaired) electrons. The maximum atomic E-state index is 13.1. The van der Waals surface area contributed by atoms with Crippen LogP contribution in [0.25, 0.3) is 0 Å². The first-order chi connectivity index (χ1) is 15.1. The number of hydrogen-bond donors (Lipinski definition) is 2. The number of hydrogen-bond acceptors (Lipinski definition) is 5. The van der Waals surface area contributed by atoms with Gasteiger partial charge in [0, 0.05) is 19.1 Å². The van der Waals surface area contributed by atoms with E-state index in [9.17, 15) is 9.90 Å². The first-order valence-electron chi connectivity index (χ1n) is 11.4. The number of carbonyl (C=O) groups excluding carboxylic acids is 1. The molecule has 0 unspecified atom stereocenters. The fraction of sp³-hybridized carbons (Fsp3) is 0.480. The van der Waals surface area contributed by atoms with E-state index < -0.39 is 6.10 Å². The molecule has 2 heterocycles. The summed E-state index contributed by atoms with van der Waals surface area (Å²) in [4.78, 5) is 17.8. The van der Waals surface area contributed by atoms with Crippen molar-refractivity contribution in [2.75, 3.05) is 31.6 Å². The molecule has 2 saturated heterocycles. The number of piperidine rings is 1. The summed E-state index contributed by atoms with van der Waals surface area (Å²) in [7, 11) is 0. The van der Waals surface area contributed by atoms with E-state index in [4.69, 9.17) is 4.74 Å². The second kappa shape index (κ2) is 10.3. The molecule has 2 fully saturated rings. The lowest BCUT2D eigenvalue weighted by molar-refractivity contribution is -0.121. The van der Waals surface area contributed by atoms with E-state index in [0.29, 0.717) is 37.1 Å². The lowest BCUT2D eigenvalue weighted by Gasteiger charge is -2.39. The highest BCUT2D eigenvalue weighted by Crippen LogP contribution is 2.29. The van der Waals surface area contributed by atoms with Gasteiger partial charge in [-0.05, 0) is 57.0 Å². The molecule has 6 heteroatoms. The molecule has 2 aliphatic heterocycles. The Kier molecular flexibility index (Phi) is 7.22. The summed E-state index contributed by atoms with van der Waals surface area (Å²) in [6.45, 7) is 6.02. The number of aliphatic hydroxyl groups excluding tert-OH is 1. The van der Waals surface area contributed by atoms with Gasteiger partial charge in [-0.15, -0.1) is 0 Å². The molecule has 4 rings (SSSR count). The second-order valence-electron chi connectivity index (χ2n) is 8.51. The molecular weight excluding hydrogens is 390 g/mol. The maximum absolute atomic E-state index is 13.1. The van der Waals surface area contributed by atoms with E-state index in [2.05, 4.69) is 39.4 Å². The Morgan fingerprint density at radius 2 is 1.81 bits per heavy atom. The lowest BCUT2D eigenvalue weighted by atomic mass is 10.0. The second-order valence-corrected chi connectivity index (χ2v) is 8.51. The van der Waals surface area contributed by atoms with Gasteiger partial charge in [0.15, 0.2) is 0 Å². The molecular formula is C25H33N3O3. The van der Waals surface area contributed by atoms with Crippen LogP contribution in [0.15, 0.2) is 54.6 Å². The first kappa shape index (κ1) is 21.8. The van der Waals surface area contributed by atoms with Crippen molar-refractivity contribution in [2.24, 2.45) is 0 Å². The van der Waals surface area contributed by atoms with Gasteiger partial charge in [0.05, 0.1) is 24.4 Å². The third-order valence-corrected chi connectivity index (χ3v) is 6.34. The van der Waals surface area contributed by atoms with Crippen LogP contribution >= 0.6 is 0 Å². The third-order valence-electron chi connectivity index (χ3n) is 6.34. The van der Waals surface area contributed by atoms with Gasteiger partial charge in [-0.2, -0.15) is 0 Å². The predicted octanol–water partition coefficient (Wildman–Crippen LogP) is 3.12. The monoisotopic (exact) mass is 423 g/mol. The van der Waals surface area contributed by atoms with Gasteiger partial charge in [-0.1, -0.05) is 42.5 Å². The van der Waals surface area contributed by atoms with E-state index in [-0.39, 0.29) is 11.9 Å². The number of aliphatic hydroxyl groups is 1. The number of nitrogens with zero attached hydrogens (tertiary/aromatic N) is 2. The fourth-order valence-electron chi connectivity index (χ4n) is 4.82. The molecule has 1 amide bonds. The zero-order chi connectivity index (χ0) is 21.6. The number of anilines is 1. The maximum Gasteiger partial charge on any atom is 0.241 e. The summed E-state index contributed by atoms with van der Waals surface area (Å²) in [5.74, 6) is 0.619. The molecule has 2 aliphatic rings. The van der Waals surface area contributed by atoms with E-state index in [1.165, 1.54) is 5.56 Å². The van der Waals surface area contributed by atoms with E-state index in [1.54, 1.807) is 0 Å². The molecule has 0 bridgehead atoms. The van der Waals surface area contributed by atoms with Crippen molar-refractivity contribution >= 4 is 11.6 Å². The molecule has 31 heavy (non-hydrogen) atoms. The molecule has 0 aromatic heterocycles. The molecule has 0 spiro atoms. The topological polar surface area (TPSA) is 65.0 Å². The first-order valence-corrected chi connectivity index (χ1v) is 11.4. The number of carbonyl (C=O) groups is 1. The molecule has 2 aromatic rings. The summed E-state index contributed by atoms with van der Waals surface area (Å²) < 4.78 is 5.64. The minimum atomic E-state index is -0.458. The standard InChI is InChI=1S/C25H33N3O3/c1-2-31-24-11-7-6-10-22(24)26-25(30)23-16-21(29)18-28(23)20-12-14-27(15-13-20)17-19-8-4-3-5-9-19/h3-11,20-21,23,29H,2,12-18H2,1H3,(H,26,30)/t21-,23+/m1/s1. The number of nitrogens with one attached hydrogen (secondary N) is 1. The van der Waals surface area contributed by atoms with Gasteiger partial charge in [0.1, 0.15) is 5.75 Å². The van der Waals surface area contributed by atoms with Crippen LogP contribution in [0.3, 0.4) is 0 Å². The number of rotatable bonds is 7. The van der Waals surface area contributed by atoms with Crippen molar-refractivity contribution in [1.82, 2.24) is 9.80 Å². The van der Waals surface area contributed by atoms with Crippen LogP contribution in [0.5, 0.6) is 5.75 Å². The largest absolute Gasteiger partial charge is 0.492 e. The van der Waals surface area contributed by atoms with Crippen molar-refractivity contribution in [3.8, 4) is 5.75 Å². The molecule has 166 valence electrons. The summed E-state index contributed by atoms with van der Waals surface area (Å²) in [6.07, 6.45) is 2.05. The highest BCUT2D eigenvalue weighted by molar-refractivity contribution is 5.96. The summed E-state index contributed by atoms with van der Waals surface area (Å²) in [6, 6.07) is 18.1. The van der Waals surface area contributed by atoms with Crippen LogP contribution in [-0.4, -0.2) is 65.2 Å². The Morgan fingerprint density at radius 3 is 2.55 bits per heavy atom. The number of β-amino-alcohol motifs (C(OH)–C–C–N with tert-alkyl or cyclic N) is 1. The van der Waals surface area contributed by atoms with Crippen molar-refractivity contribution < 1.29 is 14.6 Å². The summed E-state index contributed by atoms with van der Waals surface area (Å²) in [5, 5.41) is 13.4. The Bertz CT molecular complexity index is 852. The normalized spacial score (nSPS) is 23.0. The zero-order valence-electron chi connectivity index (χ0n) is 18.2. The minimum Gasteiger partial charge on any atom is -0.492 e. The summed E-state index contributed by atoms with van der Waals surface area (Å²) in [5.41, 5.74) is 2.02. The summed E-state index contributed by atoms with van der Waals surface area (Å²) >= 11 is 0. The Labute approximate surface area is 184 Å². The van der Waals surface area contributed by atoms with Gasteiger partial charge < -0.3 is 15.2 Å². The fourth-order valence-corrected chi connectivity index (χ4v) is 4.82. The van der Waals surface area contributed by atoms with E-state index in [1.807, 2.05) is 37.3 Å². The van der Waals surface area contributed by atoms with Gasteiger partial charge in [-0.3, -0.25) is 14.6 Å². The smallest absolute Gasteiger partial charge is 0.241 e. The lowest BCUT2D eigenvalue weighted by Crippen LogP contribution is -2.50. The van der Waals surface area contributed by atoms with Gasteiger partial charge >= 0.3 is 0 Å². The third kappa shape index (κ3) is 5.45. The van der Waals surface area contributed by atoms with Gasteiger partial charge in [0.25, 0.3) is 0 Å². The van der Waals surface area contributed by atoms with Gasteiger partial charge in [0.2, 0.25) is 5.91 Å². The Morgan fingerprint density at radius 1 is 1.10 bits per heavy atom. The van der Waals surface area contributed by atoms with E-state index >= 15 is 0 Å². The van der Waals surface area contributed by atoms with Crippen LogP contribution in [0.1, 0.15) is 31.7 Å². The highest BCUT2D eigenvalue weighted by Gasteiger charge is 2.40. The average Bonchev–Trinajstić information content (AvgIpc) is 3.18. The van der Waals surface area contributed by atoms with Crippen LogP contribution in [-0.2, 0) is 11.3 Å². The number of amides is 1. The van der Waals surface area contributed by atoms with Crippen molar-refractivity contribution in [3.05, 3.63) is 60.2 Å². The Balaban J connectivity index is 1.36. The Hall–Kier alpha value is -2.41. The van der Waals surface area contributed by atoms with Crippen molar-refractivity contribution in [2.45, 2.75) is 50.9 Å². The SMILES string of the molecule is CCOc1ccccc1NC(=O)[C@@H]1C[C@@H](O)CN1C1CCN(Cc2ccccc2)CC1. The quantitative estimate of drug-likeness (QED) is 0.716. The molecule has 0 saturated carbocycles. The molecule has 6 nitrogen and oxygen atoms in total. The molecule has 0 aliphatic carbocycles. The zero-order valence-corrected chi connectivity index (χ0v) is 18.2. The number of ether oxygens (including phenoxy) is 1. The average molecular weight is 424 g/mol. The number of likely N-dealkylation sites (tertiary alicyclic amines) is 2. The van der Waals surface area contributed by atoms with Crippen molar-refractivity contribution in [1.29, 1.82) is 0 Å². The van der Waals surface area contributed by atoms with Crippen LogP contribution in [0.4, 0.5) is 5.69 Å². The van der Waals surface area contributed by atoms with Gasteiger partial charge in [-0.25, -0.2) is 0 Å². The molecule has 2 aromatic carbocycles. The highest BCUT2D eigenvalue weighted by atomic mass is 16.5. The van der Waals surface area contributed by atoms with E-state index in [0.717, 1.165) is 32.5 Å². The molecule has 2 atom stereocenters. The van der Waals surface area contributed by atoms with Crippen LogP contribution in [0, 0.1) is 0 Å². The predicted molar refractivity (Wildman–Crippen MR) is 122 cm³/mol. The van der Waals surface area contributed by atoms with Crippen LogP contribution < -0.4 is 10.1 Å². The van der Waals surface area contributed by atoms with Crippen molar-refractivity contribution in [3.63, 3.8) is 0 Å². The minimum absolute atomic E-state index is 0.0598. The number of benzene rings is 2. The van der Waals surface area contributed by atoms with Crippen LogP contribution in [0.2, 0.25) is 0 Å². The molecule has 2 N–H and O–H groups in total. The number of para-hydroxylation sites is 2.